The summed E-state index contributed by atoms with van der Waals surface area (Å²) in [6, 6.07) is 12.8. The van der Waals surface area contributed by atoms with Crippen molar-refractivity contribution in [3.8, 4) is 0 Å². The first kappa shape index (κ1) is 25.9. The molecule has 1 unspecified atom stereocenters. The van der Waals surface area contributed by atoms with Gasteiger partial charge in [-0.05, 0) is 62.7 Å². The Balaban J connectivity index is 2.15. The molecule has 8 heteroatoms. The highest BCUT2D eigenvalue weighted by atomic mass is 32.2. The van der Waals surface area contributed by atoms with Crippen LogP contribution in [0.15, 0.2) is 52.3 Å². The third kappa shape index (κ3) is 5.19. The molecule has 33 heavy (non-hydrogen) atoms. The molecular weight excluding hydrogens is 452 g/mol. The number of hydrogen-bond donors (Lipinski definition) is 1. The number of sulfone groups is 1. The first-order valence-electron chi connectivity index (χ1n) is 12.0. The second-order valence-corrected chi connectivity index (χ2v) is 15.9. The van der Waals surface area contributed by atoms with E-state index in [1.165, 1.54) is 6.08 Å². The highest BCUT2D eigenvalue weighted by molar-refractivity contribution is 7.95. The van der Waals surface area contributed by atoms with Crippen molar-refractivity contribution in [2.75, 3.05) is 0 Å². The molecular formula is C25H38N2O4SSi. The fraction of sp³-hybridized carbons (Fsp3) is 0.560. The summed E-state index contributed by atoms with van der Waals surface area (Å²) >= 11 is 0. The molecule has 6 nitrogen and oxygen atoms in total. The number of benzene rings is 1. The van der Waals surface area contributed by atoms with Crippen LogP contribution in [0.25, 0.3) is 0 Å². The summed E-state index contributed by atoms with van der Waals surface area (Å²) in [6.07, 6.45) is 0.792. The van der Waals surface area contributed by atoms with E-state index in [4.69, 9.17) is 4.43 Å². The Morgan fingerprint density at radius 1 is 1.12 bits per heavy atom. The van der Waals surface area contributed by atoms with E-state index in [9.17, 15) is 13.5 Å². The Morgan fingerprint density at radius 2 is 1.73 bits per heavy atom. The van der Waals surface area contributed by atoms with Crippen LogP contribution in [-0.4, -0.2) is 43.8 Å². The molecule has 1 N–H and O–H groups in total. The lowest BCUT2D eigenvalue weighted by molar-refractivity contribution is 0.0478. The second kappa shape index (κ2) is 10.3. The van der Waals surface area contributed by atoms with Crippen molar-refractivity contribution in [1.29, 1.82) is 0 Å². The van der Waals surface area contributed by atoms with Gasteiger partial charge in [0.05, 0.1) is 33.7 Å². The Morgan fingerprint density at radius 3 is 2.24 bits per heavy atom. The zero-order valence-electron chi connectivity index (χ0n) is 20.7. The van der Waals surface area contributed by atoms with Gasteiger partial charge in [0, 0.05) is 11.6 Å². The number of aryl methyl sites for hydroxylation is 2. The van der Waals surface area contributed by atoms with E-state index in [1.54, 1.807) is 35.0 Å². The van der Waals surface area contributed by atoms with Gasteiger partial charge in [-0.2, -0.15) is 5.10 Å². The zero-order chi connectivity index (χ0) is 24.4. The van der Waals surface area contributed by atoms with Crippen molar-refractivity contribution in [2.24, 2.45) is 5.92 Å². The van der Waals surface area contributed by atoms with Gasteiger partial charge >= 0.3 is 0 Å². The molecule has 3 rings (SSSR count). The molecule has 0 radical (unpaired) electrons. The van der Waals surface area contributed by atoms with Gasteiger partial charge in [0.25, 0.3) is 0 Å². The molecule has 0 saturated carbocycles. The smallest absolute Gasteiger partial charge is 0.204 e. The summed E-state index contributed by atoms with van der Waals surface area (Å²) in [7, 11) is -5.82. The minimum Gasteiger partial charge on any atom is -0.413 e. The number of allylic oxidation sites excluding steroid dienone is 1. The highest BCUT2D eigenvalue weighted by Crippen LogP contribution is 2.40. The molecule has 1 aromatic carbocycles. The highest BCUT2D eigenvalue weighted by Gasteiger charge is 2.42. The average Bonchev–Trinajstić information content (AvgIpc) is 3.09. The van der Waals surface area contributed by atoms with Crippen LogP contribution in [0.1, 0.15) is 51.5 Å². The van der Waals surface area contributed by atoms with Crippen LogP contribution < -0.4 is 0 Å². The summed E-state index contributed by atoms with van der Waals surface area (Å²) in [4.78, 5) is 0.420. The van der Waals surface area contributed by atoms with E-state index in [-0.39, 0.29) is 21.8 Å². The Hall–Kier alpha value is -1.74. The van der Waals surface area contributed by atoms with Crippen molar-refractivity contribution in [2.45, 2.75) is 89.2 Å². The van der Waals surface area contributed by atoms with Crippen LogP contribution >= 0.6 is 0 Å². The Kier molecular flexibility index (Phi) is 8.04. The number of aromatic nitrogens is 2. The first-order chi connectivity index (χ1) is 15.6. The molecule has 0 fully saturated rings. The van der Waals surface area contributed by atoms with Gasteiger partial charge in [-0.1, -0.05) is 45.9 Å². The average molecular weight is 491 g/mol. The maximum atomic E-state index is 13.8. The van der Waals surface area contributed by atoms with E-state index < -0.39 is 30.3 Å². The third-order valence-electron chi connectivity index (χ3n) is 7.28. The predicted octanol–water partition coefficient (Wildman–Crippen LogP) is 5.19. The topological polar surface area (TPSA) is 81.4 Å². The molecule has 0 bridgehead atoms. The largest absolute Gasteiger partial charge is 0.413 e. The van der Waals surface area contributed by atoms with Crippen LogP contribution in [0.2, 0.25) is 18.1 Å². The molecule has 0 saturated heterocycles. The fourth-order valence-electron chi connectivity index (χ4n) is 4.86. The maximum absolute atomic E-state index is 13.8. The van der Waals surface area contributed by atoms with Gasteiger partial charge in [0.15, 0.2) is 8.32 Å². The van der Waals surface area contributed by atoms with Gasteiger partial charge in [0.1, 0.15) is 0 Å². The van der Waals surface area contributed by atoms with Crippen molar-refractivity contribution in [3.63, 3.8) is 0 Å². The van der Waals surface area contributed by atoms with E-state index >= 15 is 0 Å². The predicted molar refractivity (Wildman–Crippen MR) is 134 cm³/mol. The van der Waals surface area contributed by atoms with E-state index in [2.05, 4.69) is 25.9 Å². The van der Waals surface area contributed by atoms with Crippen molar-refractivity contribution in [1.82, 2.24) is 9.78 Å². The van der Waals surface area contributed by atoms with Crippen molar-refractivity contribution >= 4 is 18.2 Å². The molecule has 1 aliphatic rings. The van der Waals surface area contributed by atoms with Crippen LogP contribution in [-0.2, 0) is 14.3 Å². The lowest BCUT2D eigenvalue weighted by atomic mass is 9.97. The van der Waals surface area contributed by atoms with E-state index in [0.29, 0.717) is 6.42 Å². The summed E-state index contributed by atoms with van der Waals surface area (Å²) in [6.45, 7) is 12.3. The molecule has 1 aromatic heterocycles. The first-order valence-corrected chi connectivity index (χ1v) is 16.0. The quantitative estimate of drug-likeness (QED) is 0.515. The molecule has 1 heterocycles. The molecule has 0 aliphatic heterocycles. The van der Waals surface area contributed by atoms with Crippen LogP contribution in [0.4, 0.5) is 0 Å². The number of aliphatic hydroxyl groups excluding tert-OH is 1. The van der Waals surface area contributed by atoms with Gasteiger partial charge < -0.3 is 9.53 Å². The van der Waals surface area contributed by atoms with Gasteiger partial charge in [0.2, 0.25) is 9.84 Å². The molecule has 1 aliphatic carbocycles. The maximum Gasteiger partial charge on any atom is 0.204 e. The van der Waals surface area contributed by atoms with Crippen LogP contribution in [0.3, 0.4) is 0 Å². The van der Waals surface area contributed by atoms with Gasteiger partial charge in [-0.15, -0.1) is 0 Å². The number of hydrogen-bond acceptors (Lipinski definition) is 5. The summed E-state index contributed by atoms with van der Waals surface area (Å²) < 4.78 is 36.3. The van der Waals surface area contributed by atoms with Gasteiger partial charge in [-0.25, -0.2) is 8.42 Å². The summed E-state index contributed by atoms with van der Waals surface area (Å²) in [5, 5.41) is 15.8. The standard InChI is InChI=1S/C25H38N2O4SSi/c1-7-33(8-2,9-3)31-24-16-22(27-19(5)15-18(4)26-27)25(17-23(28)20(24)6)32(29,30)21-13-11-10-12-14-21/h10-15,17,20,22-24,28H,7-9,16H2,1-6H3/t20-,22?,23-,24-/m0/s1. The fourth-order valence-corrected chi connectivity index (χ4v) is 9.48. The third-order valence-corrected chi connectivity index (χ3v) is 13.9. The Labute approximate surface area is 199 Å². The molecule has 2 aromatic rings. The normalized spacial score (nSPS) is 24.4. The lowest BCUT2D eigenvalue weighted by Crippen LogP contribution is -2.44. The molecule has 0 spiro atoms. The molecule has 182 valence electrons. The number of nitrogens with zero attached hydrogens (tertiary/aromatic N) is 2. The van der Waals surface area contributed by atoms with E-state index in [1.807, 2.05) is 26.8 Å². The summed E-state index contributed by atoms with van der Waals surface area (Å²) in [5.74, 6) is -0.232. The van der Waals surface area contributed by atoms with Crippen LogP contribution in [0, 0.1) is 19.8 Å². The van der Waals surface area contributed by atoms with Crippen molar-refractivity contribution in [3.05, 3.63) is 58.8 Å². The minimum atomic E-state index is -3.83. The van der Waals surface area contributed by atoms with Gasteiger partial charge in [-0.3, -0.25) is 4.68 Å². The number of rotatable bonds is 8. The molecule has 0 amide bonds. The van der Waals surface area contributed by atoms with Crippen LogP contribution in [0.5, 0.6) is 0 Å². The number of aliphatic hydroxyl groups is 1. The summed E-state index contributed by atoms with van der Waals surface area (Å²) in [5.41, 5.74) is 1.72. The second-order valence-electron chi connectivity index (χ2n) is 9.26. The SMILES string of the molecule is CC[Si](CC)(CC)O[C@H]1CC(n2nc(C)cc2C)C(S(=O)(=O)c2ccccc2)=C[C@H](O)[C@@H]1C. The van der Waals surface area contributed by atoms with Crippen molar-refractivity contribution < 1.29 is 18.0 Å². The Bertz CT molecular complexity index is 1070. The van der Waals surface area contributed by atoms with E-state index in [0.717, 1.165) is 29.5 Å². The monoisotopic (exact) mass is 490 g/mol. The minimum absolute atomic E-state index is 0.196. The molecule has 4 atom stereocenters. The lowest BCUT2D eigenvalue weighted by Gasteiger charge is -2.37. The zero-order valence-corrected chi connectivity index (χ0v) is 22.5.